The summed E-state index contributed by atoms with van der Waals surface area (Å²) in [6.45, 7) is 7.18. The molecular formula is C16H25FN2O. The number of methoxy groups -OCH3 is 1. The van der Waals surface area contributed by atoms with Crippen LogP contribution in [0.25, 0.3) is 0 Å². The molecule has 0 radical (unpaired) electrons. The van der Waals surface area contributed by atoms with Crippen molar-refractivity contribution < 1.29 is 9.13 Å². The first-order valence-corrected chi connectivity index (χ1v) is 7.29. The van der Waals surface area contributed by atoms with Crippen LogP contribution in [0.4, 0.5) is 10.1 Å². The monoisotopic (exact) mass is 280 g/mol. The second-order valence-electron chi connectivity index (χ2n) is 6.08. The fourth-order valence-electron chi connectivity index (χ4n) is 2.49. The van der Waals surface area contributed by atoms with E-state index < -0.39 is 0 Å². The van der Waals surface area contributed by atoms with Crippen molar-refractivity contribution in [1.29, 1.82) is 0 Å². The molecule has 1 unspecified atom stereocenters. The molecule has 0 spiro atoms. The lowest BCUT2D eigenvalue weighted by Crippen LogP contribution is -2.36. The second-order valence-corrected chi connectivity index (χ2v) is 6.08. The molecule has 0 aromatic heterocycles. The van der Waals surface area contributed by atoms with Gasteiger partial charge in [-0.15, -0.1) is 0 Å². The summed E-state index contributed by atoms with van der Waals surface area (Å²) in [4.78, 5) is 2.30. The minimum atomic E-state index is -0.176. The maximum Gasteiger partial charge on any atom is 0.123 e. The molecule has 2 rings (SSSR count). The summed E-state index contributed by atoms with van der Waals surface area (Å²) >= 11 is 0. The molecule has 0 amide bonds. The number of halogens is 1. The Labute approximate surface area is 121 Å². The second kappa shape index (κ2) is 6.55. The Morgan fingerprint density at radius 3 is 2.70 bits per heavy atom. The van der Waals surface area contributed by atoms with Gasteiger partial charge in [-0.2, -0.15) is 0 Å². The van der Waals surface area contributed by atoms with Crippen molar-refractivity contribution in [2.24, 2.45) is 0 Å². The predicted molar refractivity (Wildman–Crippen MR) is 80.7 cm³/mol. The standard InChI is InChI=1S/C16H25FN2O/c1-16(2,20-3)9-10-18-14-8-11-19(12-14)15-6-4-13(17)5-7-15/h4-7,14,18H,8-12H2,1-3H3. The lowest BCUT2D eigenvalue weighted by molar-refractivity contribution is 0.0155. The highest BCUT2D eigenvalue weighted by Crippen LogP contribution is 2.21. The zero-order valence-corrected chi connectivity index (χ0v) is 12.7. The van der Waals surface area contributed by atoms with Gasteiger partial charge in [-0.25, -0.2) is 4.39 Å². The molecule has 1 N–H and O–H groups in total. The van der Waals surface area contributed by atoms with Gasteiger partial charge in [0.15, 0.2) is 0 Å². The summed E-state index contributed by atoms with van der Waals surface area (Å²) in [7, 11) is 1.76. The third-order valence-electron chi connectivity index (χ3n) is 4.09. The van der Waals surface area contributed by atoms with Crippen LogP contribution < -0.4 is 10.2 Å². The Morgan fingerprint density at radius 1 is 1.35 bits per heavy atom. The molecule has 1 saturated heterocycles. The van der Waals surface area contributed by atoms with Gasteiger partial charge in [-0.3, -0.25) is 0 Å². The van der Waals surface area contributed by atoms with Gasteiger partial charge in [0.1, 0.15) is 5.82 Å². The molecule has 3 nitrogen and oxygen atoms in total. The van der Waals surface area contributed by atoms with E-state index in [0.717, 1.165) is 38.2 Å². The maximum atomic E-state index is 12.9. The number of anilines is 1. The SMILES string of the molecule is COC(C)(C)CCNC1CCN(c2ccc(F)cc2)C1. The summed E-state index contributed by atoms with van der Waals surface area (Å²) in [5.41, 5.74) is 1.04. The summed E-state index contributed by atoms with van der Waals surface area (Å²) in [6, 6.07) is 7.26. The number of hydrogen-bond donors (Lipinski definition) is 1. The zero-order valence-electron chi connectivity index (χ0n) is 12.7. The molecule has 112 valence electrons. The van der Waals surface area contributed by atoms with Crippen LogP contribution in [-0.2, 0) is 4.74 Å². The van der Waals surface area contributed by atoms with E-state index >= 15 is 0 Å². The van der Waals surface area contributed by atoms with E-state index in [2.05, 4.69) is 24.1 Å². The van der Waals surface area contributed by atoms with Gasteiger partial charge in [-0.05, 0) is 57.5 Å². The smallest absolute Gasteiger partial charge is 0.123 e. The van der Waals surface area contributed by atoms with Crippen LogP contribution >= 0.6 is 0 Å². The van der Waals surface area contributed by atoms with Crippen molar-refractivity contribution >= 4 is 5.69 Å². The Balaban J connectivity index is 1.76. The molecule has 1 heterocycles. The summed E-state index contributed by atoms with van der Waals surface area (Å²) in [5, 5.41) is 3.59. The van der Waals surface area contributed by atoms with E-state index in [1.807, 2.05) is 12.1 Å². The van der Waals surface area contributed by atoms with Gasteiger partial charge in [0, 0.05) is 31.9 Å². The Hall–Kier alpha value is -1.13. The van der Waals surface area contributed by atoms with E-state index in [1.54, 1.807) is 7.11 Å². The summed E-state index contributed by atoms with van der Waals surface area (Å²) < 4.78 is 18.3. The third kappa shape index (κ3) is 4.18. The van der Waals surface area contributed by atoms with Crippen LogP contribution in [0, 0.1) is 5.82 Å². The van der Waals surface area contributed by atoms with E-state index in [9.17, 15) is 4.39 Å². The lowest BCUT2D eigenvalue weighted by atomic mass is 10.1. The minimum Gasteiger partial charge on any atom is -0.379 e. The molecule has 1 aromatic carbocycles. The molecule has 1 aliphatic rings. The third-order valence-corrected chi connectivity index (χ3v) is 4.09. The molecule has 4 heteroatoms. The fraction of sp³-hybridized carbons (Fsp3) is 0.625. The molecule has 1 aliphatic heterocycles. The van der Waals surface area contributed by atoms with Crippen molar-refractivity contribution in [2.45, 2.75) is 38.3 Å². The van der Waals surface area contributed by atoms with E-state index in [-0.39, 0.29) is 11.4 Å². The average molecular weight is 280 g/mol. The van der Waals surface area contributed by atoms with Gasteiger partial charge < -0.3 is 15.0 Å². The predicted octanol–water partition coefficient (Wildman–Crippen LogP) is 2.81. The van der Waals surface area contributed by atoms with Crippen molar-refractivity contribution in [1.82, 2.24) is 5.32 Å². The van der Waals surface area contributed by atoms with Gasteiger partial charge >= 0.3 is 0 Å². The maximum absolute atomic E-state index is 12.9. The van der Waals surface area contributed by atoms with E-state index in [4.69, 9.17) is 4.74 Å². The van der Waals surface area contributed by atoms with Crippen molar-refractivity contribution in [3.8, 4) is 0 Å². The first kappa shape index (κ1) is 15.3. The van der Waals surface area contributed by atoms with Gasteiger partial charge in [-0.1, -0.05) is 0 Å². The van der Waals surface area contributed by atoms with Crippen LogP contribution in [0.2, 0.25) is 0 Å². The molecule has 1 atom stereocenters. The van der Waals surface area contributed by atoms with Crippen molar-refractivity contribution in [3.05, 3.63) is 30.1 Å². The fourth-order valence-corrected chi connectivity index (χ4v) is 2.49. The largest absolute Gasteiger partial charge is 0.379 e. The van der Waals surface area contributed by atoms with Crippen molar-refractivity contribution in [3.63, 3.8) is 0 Å². The highest BCUT2D eigenvalue weighted by molar-refractivity contribution is 5.47. The van der Waals surface area contributed by atoms with Crippen LogP contribution in [-0.4, -0.2) is 38.4 Å². The first-order chi connectivity index (χ1) is 9.50. The molecule has 0 aliphatic carbocycles. The van der Waals surface area contributed by atoms with Crippen LogP contribution in [0.15, 0.2) is 24.3 Å². The quantitative estimate of drug-likeness (QED) is 0.867. The van der Waals surface area contributed by atoms with Gasteiger partial charge in [0.2, 0.25) is 0 Å². The van der Waals surface area contributed by atoms with E-state index in [1.165, 1.54) is 12.1 Å². The molecule has 0 bridgehead atoms. The first-order valence-electron chi connectivity index (χ1n) is 7.29. The van der Waals surface area contributed by atoms with Crippen LogP contribution in [0.5, 0.6) is 0 Å². The number of hydrogen-bond acceptors (Lipinski definition) is 3. The van der Waals surface area contributed by atoms with Gasteiger partial charge in [0.05, 0.1) is 5.60 Å². The van der Waals surface area contributed by atoms with Crippen LogP contribution in [0.1, 0.15) is 26.7 Å². The molecular weight excluding hydrogens is 255 g/mol. The lowest BCUT2D eigenvalue weighted by Gasteiger charge is -2.24. The summed E-state index contributed by atoms with van der Waals surface area (Å²) in [5.74, 6) is -0.176. The minimum absolute atomic E-state index is 0.0672. The Kier molecular flexibility index (Phi) is 5.00. The zero-order chi connectivity index (χ0) is 14.6. The highest BCUT2D eigenvalue weighted by Gasteiger charge is 2.23. The molecule has 1 aromatic rings. The van der Waals surface area contributed by atoms with E-state index in [0.29, 0.717) is 6.04 Å². The van der Waals surface area contributed by atoms with Crippen molar-refractivity contribution in [2.75, 3.05) is 31.6 Å². The number of ether oxygens (including phenoxy) is 1. The number of rotatable bonds is 6. The number of nitrogens with zero attached hydrogens (tertiary/aromatic N) is 1. The van der Waals surface area contributed by atoms with Gasteiger partial charge in [0.25, 0.3) is 0 Å². The van der Waals surface area contributed by atoms with Crippen LogP contribution in [0.3, 0.4) is 0 Å². The molecule has 1 fully saturated rings. The molecule has 0 saturated carbocycles. The number of benzene rings is 1. The Morgan fingerprint density at radius 2 is 2.05 bits per heavy atom. The number of nitrogens with one attached hydrogen (secondary N) is 1. The molecule has 20 heavy (non-hydrogen) atoms. The average Bonchev–Trinajstić information content (AvgIpc) is 2.88. The normalized spacial score (nSPS) is 19.6. The highest BCUT2D eigenvalue weighted by atomic mass is 19.1. The Bertz CT molecular complexity index is 419. The topological polar surface area (TPSA) is 24.5 Å². The summed E-state index contributed by atoms with van der Waals surface area (Å²) in [6.07, 6.45) is 2.13.